The molecule has 1 aromatic heterocycles. The Bertz CT molecular complexity index is 867. The van der Waals surface area contributed by atoms with Gasteiger partial charge >= 0.3 is 0 Å². The van der Waals surface area contributed by atoms with Gasteiger partial charge in [-0.05, 0) is 70.0 Å². The van der Waals surface area contributed by atoms with E-state index in [1.807, 2.05) is 26.0 Å². The first-order valence-electron chi connectivity index (χ1n) is 11.2. The van der Waals surface area contributed by atoms with E-state index in [4.69, 9.17) is 26.7 Å². The quantitative estimate of drug-likeness (QED) is 0.333. The second kappa shape index (κ2) is 11.6. The van der Waals surface area contributed by atoms with Gasteiger partial charge in [0, 0.05) is 43.4 Å². The van der Waals surface area contributed by atoms with E-state index in [0.29, 0.717) is 11.9 Å². The molecule has 2 aliphatic heterocycles. The molecule has 0 unspecified atom stereocenters. The largest absolute Gasteiger partial charge is 0.444 e. The molecule has 0 atom stereocenters. The van der Waals surface area contributed by atoms with Gasteiger partial charge in [-0.3, -0.25) is 9.89 Å². The molecule has 1 aromatic carbocycles. The van der Waals surface area contributed by atoms with Gasteiger partial charge in [0.25, 0.3) is 0 Å². The fourth-order valence-electron chi connectivity index (χ4n) is 4.29. The maximum Gasteiger partial charge on any atom is 0.208 e. The van der Waals surface area contributed by atoms with E-state index in [-0.39, 0.29) is 24.0 Å². The summed E-state index contributed by atoms with van der Waals surface area (Å²) in [5.74, 6) is 3.03. The van der Waals surface area contributed by atoms with Gasteiger partial charge in [0.1, 0.15) is 5.76 Å². The van der Waals surface area contributed by atoms with Crippen LogP contribution in [0.15, 0.2) is 33.7 Å². The second-order valence-electron chi connectivity index (χ2n) is 8.62. The predicted octanol–water partition coefficient (Wildman–Crippen LogP) is 3.91. The molecule has 0 bridgehead atoms. The van der Waals surface area contributed by atoms with Crippen LogP contribution < -0.4 is 10.6 Å². The van der Waals surface area contributed by atoms with Crippen LogP contribution in [0.3, 0.4) is 0 Å². The summed E-state index contributed by atoms with van der Waals surface area (Å²) in [5, 5.41) is 0.771. The number of hydrogen-bond acceptors (Lipinski definition) is 5. The minimum Gasteiger partial charge on any atom is -0.444 e. The molecule has 2 aliphatic rings. The number of rotatable bonds is 5. The summed E-state index contributed by atoms with van der Waals surface area (Å²) in [6.45, 7) is 11.4. The molecular weight excluding hydrogens is 539 g/mol. The topological polar surface area (TPSA) is 74.1 Å². The Labute approximate surface area is 213 Å². The van der Waals surface area contributed by atoms with Crippen molar-refractivity contribution < 1.29 is 4.42 Å². The van der Waals surface area contributed by atoms with Crippen molar-refractivity contribution in [2.45, 2.75) is 33.2 Å². The monoisotopic (exact) mass is 572 g/mol. The molecule has 0 radical (unpaired) electrons. The first kappa shape index (κ1) is 25.1. The number of piperidine rings is 1. The van der Waals surface area contributed by atoms with E-state index in [9.17, 15) is 0 Å². The number of hydrogen-bond donors (Lipinski definition) is 1. The summed E-state index contributed by atoms with van der Waals surface area (Å²) in [5.41, 5.74) is 8.52. The summed E-state index contributed by atoms with van der Waals surface area (Å²) in [6.07, 6.45) is 2.28. The third-order valence-electron chi connectivity index (χ3n) is 6.45. The lowest BCUT2D eigenvalue weighted by Crippen LogP contribution is -2.51. The molecule has 0 saturated carbocycles. The lowest BCUT2D eigenvalue weighted by Gasteiger charge is -2.37. The zero-order chi connectivity index (χ0) is 21.8. The van der Waals surface area contributed by atoms with E-state index in [1.54, 1.807) is 0 Å². The van der Waals surface area contributed by atoms with Gasteiger partial charge in [-0.2, -0.15) is 0 Å². The molecule has 32 heavy (non-hydrogen) atoms. The highest BCUT2D eigenvalue weighted by atomic mass is 127. The zero-order valence-electron chi connectivity index (χ0n) is 19.0. The summed E-state index contributed by atoms with van der Waals surface area (Å²) >= 11 is 6.00. The molecule has 2 N–H and O–H groups in total. The molecule has 3 heterocycles. The number of nitrogens with zero attached hydrogens (tertiary/aromatic N) is 5. The molecule has 176 valence electrons. The molecular formula is C23H34ClIN6O. The second-order valence-corrected chi connectivity index (χ2v) is 9.05. The SMILES string of the molecule is Cc1nc(CN2CCC(CN=C(N)N3CCN(c4ccc(Cl)cc4)CC3)CC2)oc1C.I. The maximum atomic E-state index is 6.32. The lowest BCUT2D eigenvalue weighted by atomic mass is 9.97. The van der Waals surface area contributed by atoms with Gasteiger partial charge in [0.15, 0.2) is 5.96 Å². The molecule has 0 amide bonds. The van der Waals surface area contributed by atoms with Gasteiger partial charge in [0.2, 0.25) is 5.89 Å². The fraction of sp³-hybridized carbons (Fsp3) is 0.565. The van der Waals surface area contributed by atoms with E-state index in [1.165, 1.54) is 5.69 Å². The minimum absolute atomic E-state index is 0. The van der Waals surface area contributed by atoms with Crippen LogP contribution in [0.4, 0.5) is 5.69 Å². The van der Waals surface area contributed by atoms with Crippen molar-refractivity contribution in [1.29, 1.82) is 0 Å². The molecule has 7 nitrogen and oxygen atoms in total. The molecule has 2 saturated heterocycles. The zero-order valence-corrected chi connectivity index (χ0v) is 22.1. The highest BCUT2D eigenvalue weighted by Crippen LogP contribution is 2.21. The number of guanidine groups is 1. The molecule has 0 aliphatic carbocycles. The van der Waals surface area contributed by atoms with Crippen LogP contribution >= 0.6 is 35.6 Å². The lowest BCUT2D eigenvalue weighted by molar-refractivity contribution is 0.166. The molecule has 0 spiro atoms. The minimum atomic E-state index is 0. The Morgan fingerprint density at radius 3 is 2.34 bits per heavy atom. The van der Waals surface area contributed by atoms with Crippen LogP contribution in [-0.2, 0) is 6.54 Å². The van der Waals surface area contributed by atoms with Crippen molar-refractivity contribution in [2.24, 2.45) is 16.6 Å². The highest BCUT2D eigenvalue weighted by molar-refractivity contribution is 14.0. The molecule has 2 aromatic rings. The number of likely N-dealkylation sites (tertiary alicyclic amines) is 1. The van der Waals surface area contributed by atoms with Crippen molar-refractivity contribution >= 4 is 47.2 Å². The van der Waals surface area contributed by atoms with Crippen LogP contribution in [0.5, 0.6) is 0 Å². The standard InChI is InChI=1S/C23H33ClN6O.HI/c1-17-18(2)31-22(27-17)16-28-9-7-19(8-10-28)15-26-23(25)30-13-11-29(12-14-30)21-5-3-20(24)4-6-21;/h3-6,19H,7-16H2,1-2H3,(H2,25,26);1H. The maximum absolute atomic E-state index is 6.32. The predicted molar refractivity (Wildman–Crippen MR) is 141 cm³/mol. The van der Waals surface area contributed by atoms with Gasteiger partial charge in [0.05, 0.1) is 12.2 Å². The average molecular weight is 573 g/mol. The van der Waals surface area contributed by atoms with Crippen molar-refractivity contribution in [3.8, 4) is 0 Å². The Balaban J connectivity index is 0.00000289. The van der Waals surface area contributed by atoms with Crippen LogP contribution in [-0.4, -0.2) is 66.6 Å². The molecule has 4 rings (SSSR count). The summed E-state index contributed by atoms with van der Waals surface area (Å²) < 4.78 is 5.72. The van der Waals surface area contributed by atoms with Crippen LogP contribution in [0, 0.1) is 19.8 Å². The van der Waals surface area contributed by atoms with Crippen LogP contribution in [0.25, 0.3) is 0 Å². The number of aliphatic imine (C=N–C) groups is 1. The number of oxazole rings is 1. The van der Waals surface area contributed by atoms with Crippen LogP contribution in [0.1, 0.15) is 30.2 Å². The number of anilines is 1. The van der Waals surface area contributed by atoms with E-state index in [2.05, 4.69) is 31.8 Å². The van der Waals surface area contributed by atoms with Gasteiger partial charge < -0.3 is 20.0 Å². The van der Waals surface area contributed by atoms with Crippen LogP contribution in [0.2, 0.25) is 5.02 Å². The Morgan fingerprint density at radius 1 is 1.09 bits per heavy atom. The van der Waals surface area contributed by atoms with Crippen molar-refractivity contribution in [1.82, 2.24) is 14.8 Å². The first-order chi connectivity index (χ1) is 15.0. The first-order valence-corrected chi connectivity index (χ1v) is 11.6. The Kier molecular flexibility index (Phi) is 9.07. The molecule has 2 fully saturated rings. The number of nitrogens with two attached hydrogens (primary N) is 1. The number of halogens is 2. The number of aryl methyl sites for hydroxylation is 2. The van der Waals surface area contributed by atoms with Gasteiger partial charge in [-0.25, -0.2) is 4.98 Å². The van der Waals surface area contributed by atoms with E-state index < -0.39 is 0 Å². The molecule has 9 heteroatoms. The van der Waals surface area contributed by atoms with Gasteiger partial charge in [-0.15, -0.1) is 24.0 Å². The number of aromatic nitrogens is 1. The van der Waals surface area contributed by atoms with E-state index >= 15 is 0 Å². The number of piperazine rings is 1. The Morgan fingerprint density at radius 2 is 1.75 bits per heavy atom. The summed E-state index contributed by atoms with van der Waals surface area (Å²) in [7, 11) is 0. The number of benzene rings is 1. The Hall–Kier alpha value is -1.52. The smallest absolute Gasteiger partial charge is 0.208 e. The highest BCUT2D eigenvalue weighted by Gasteiger charge is 2.22. The summed E-state index contributed by atoms with van der Waals surface area (Å²) in [6, 6.07) is 8.04. The third-order valence-corrected chi connectivity index (χ3v) is 6.70. The van der Waals surface area contributed by atoms with Gasteiger partial charge in [-0.1, -0.05) is 11.6 Å². The normalized spacial score (nSPS) is 18.7. The summed E-state index contributed by atoms with van der Waals surface area (Å²) in [4.78, 5) is 16.2. The van der Waals surface area contributed by atoms with Crippen molar-refractivity contribution in [3.63, 3.8) is 0 Å². The average Bonchev–Trinajstić information content (AvgIpc) is 3.10. The fourth-order valence-corrected chi connectivity index (χ4v) is 4.42. The van der Waals surface area contributed by atoms with Crippen molar-refractivity contribution in [2.75, 3.05) is 50.7 Å². The third kappa shape index (κ3) is 6.51. The van der Waals surface area contributed by atoms with E-state index in [0.717, 1.165) is 87.6 Å². The van der Waals surface area contributed by atoms with Crippen molar-refractivity contribution in [3.05, 3.63) is 46.6 Å².